The summed E-state index contributed by atoms with van der Waals surface area (Å²) >= 11 is 3.36. The Labute approximate surface area is 107 Å². The van der Waals surface area contributed by atoms with Gasteiger partial charge in [0.05, 0.1) is 17.8 Å². The van der Waals surface area contributed by atoms with Crippen LogP contribution in [0.4, 0.5) is 0 Å². The number of nitrogens with zero attached hydrogens (tertiary/aromatic N) is 3. The van der Waals surface area contributed by atoms with E-state index in [9.17, 15) is 4.79 Å². The summed E-state index contributed by atoms with van der Waals surface area (Å²) < 4.78 is 6.53. The lowest BCUT2D eigenvalue weighted by atomic mass is 10.3. The normalized spacial score (nSPS) is 10.7. The lowest BCUT2D eigenvalue weighted by molar-refractivity contribution is -0.143. The highest BCUT2D eigenvalue weighted by atomic mass is 79.9. The van der Waals surface area contributed by atoms with Crippen LogP contribution in [0.1, 0.15) is 12.6 Å². The van der Waals surface area contributed by atoms with Gasteiger partial charge in [0.1, 0.15) is 12.1 Å². The Morgan fingerprint density at radius 1 is 1.59 bits per heavy atom. The average Bonchev–Trinajstić information content (AvgIpc) is 2.68. The number of esters is 1. The van der Waals surface area contributed by atoms with E-state index in [4.69, 9.17) is 4.74 Å². The van der Waals surface area contributed by atoms with E-state index in [1.54, 1.807) is 17.8 Å². The predicted molar refractivity (Wildman–Crippen MR) is 66.8 cm³/mol. The van der Waals surface area contributed by atoms with Crippen molar-refractivity contribution in [3.63, 3.8) is 0 Å². The van der Waals surface area contributed by atoms with Gasteiger partial charge in [-0.1, -0.05) is 15.9 Å². The molecule has 0 aliphatic carbocycles. The second kappa shape index (κ2) is 5.27. The number of alkyl halides is 1. The third-order valence-corrected chi connectivity index (χ3v) is 2.82. The zero-order chi connectivity index (χ0) is 12.3. The van der Waals surface area contributed by atoms with E-state index in [0.29, 0.717) is 11.9 Å². The van der Waals surface area contributed by atoms with Crippen LogP contribution < -0.4 is 0 Å². The third-order valence-electron chi connectivity index (χ3n) is 2.29. The third kappa shape index (κ3) is 2.46. The van der Waals surface area contributed by atoms with E-state index in [-0.39, 0.29) is 12.5 Å². The van der Waals surface area contributed by atoms with Crippen molar-refractivity contribution in [1.29, 1.82) is 0 Å². The zero-order valence-electron chi connectivity index (χ0n) is 9.39. The highest BCUT2D eigenvalue weighted by Crippen LogP contribution is 2.17. The molecule has 0 aliphatic heterocycles. The molecule has 0 atom stereocenters. The highest BCUT2D eigenvalue weighted by Gasteiger charge is 2.13. The molecule has 0 spiro atoms. The van der Waals surface area contributed by atoms with E-state index in [1.807, 2.05) is 12.1 Å². The van der Waals surface area contributed by atoms with Gasteiger partial charge in [-0.2, -0.15) is 5.10 Å². The fourth-order valence-electron chi connectivity index (χ4n) is 1.61. The van der Waals surface area contributed by atoms with Crippen LogP contribution in [0.3, 0.4) is 0 Å². The van der Waals surface area contributed by atoms with Gasteiger partial charge in [0.15, 0.2) is 0 Å². The fraction of sp³-hybridized carbons (Fsp3) is 0.364. The van der Waals surface area contributed by atoms with Crippen molar-refractivity contribution in [2.75, 3.05) is 6.61 Å². The van der Waals surface area contributed by atoms with Gasteiger partial charge in [0.2, 0.25) is 0 Å². The Bertz CT molecular complexity index is 538. The molecule has 0 saturated carbocycles. The topological polar surface area (TPSA) is 57.0 Å². The first-order valence-electron chi connectivity index (χ1n) is 5.28. The maximum absolute atomic E-state index is 11.4. The summed E-state index contributed by atoms with van der Waals surface area (Å²) in [6.07, 6.45) is 1.71. The van der Waals surface area contributed by atoms with Gasteiger partial charge in [-0.15, -0.1) is 0 Å². The van der Waals surface area contributed by atoms with Crippen molar-refractivity contribution in [3.8, 4) is 0 Å². The zero-order valence-corrected chi connectivity index (χ0v) is 11.0. The summed E-state index contributed by atoms with van der Waals surface area (Å²) in [5, 5.41) is 4.94. The summed E-state index contributed by atoms with van der Waals surface area (Å²) in [5.41, 5.74) is 2.48. The SMILES string of the molecule is CCOC(=O)Cn1nc(CBr)c2ncccc21. The molecule has 0 aromatic carbocycles. The van der Waals surface area contributed by atoms with Crippen LogP contribution in [0.2, 0.25) is 0 Å². The van der Waals surface area contributed by atoms with Gasteiger partial charge >= 0.3 is 5.97 Å². The number of carbonyl (C=O) groups is 1. The van der Waals surface area contributed by atoms with Crippen LogP contribution >= 0.6 is 15.9 Å². The van der Waals surface area contributed by atoms with Crippen molar-refractivity contribution in [2.24, 2.45) is 0 Å². The van der Waals surface area contributed by atoms with E-state index >= 15 is 0 Å². The Morgan fingerprint density at radius 2 is 2.41 bits per heavy atom. The van der Waals surface area contributed by atoms with Crippen LogP contribution in [-0.4, -0.2) is 27.3 Å². The first-order valence-corrected chi connectivity index (χ1v) is 6.40. The second-order valence-corrected chi connectivity index (χ2v) is 3.97. The van der Waals surface area contributed by atoms with Gasteiger partial charge in [0.25, 0.3) is 0 Å². The molecular formula is C11H12BrN3O2. The molecule has 0 fully saturated rings. The standard InChI is InChI=1S/C11H12BrN3O2/c1-2-17-10(16)7-15-9-4-3-5-13-11(9)8(6-12)14-15/h3-5H,2,6-7H2,1H3. The van der Waals surface area contributed by atoms with Gasteiger partial charge in [-0.05, 0) is 19.1 Å². The number of carbonyl (C=O) groups excluding carboxylic acids is 1. The fourth-order valence-corrected chi connectivity index (χ4v) is 1.99. The van der Waals surface area contributed by atoms with Crippen LogP contribution in [0.15, 0.2) is 18.3 Å². The summed E-state index contributed by atoms with van der Waals surface area (Å²) in [6, 6.07) is 3.71. The number of halogens is 1. The van der Waals surface area contributed by atoms with Crippen LogP contribution in [0, 0.1) is 0 Å². The molecule has 0 bridgehead atoms. The smallest absolute Gasteiger partial charge is 0.327 e. The first kappa shape index (κ1) is 12.0. The van der Waals surface area contributed by atoms with Crippen LogP contribution in [0.5, 0.6) is 0 Å². The maximum Gasteiger partial charge on any atom is 0.327 e. The van der Waals surface area contributed by atoms with Crippen molar-refractivity contribution < 1.29 is 9.53 Å². The molecule has 0 unspecified atom stereocenters. The lowest BCUT2D eigenvalue weighted by Gasteiger charge is -2.02. The Balaban J connectivity index is 2.37. The molecule has 0 saturated heterocycles. The molecule has 5 nitrogen and oxygen atoms in total. The van der Waals surface area contributed by atoms with Gasteiger partial charge in [-0.25, -0.2) is 0 Å². The Morgan fingerprint density at radius 3 is 3.12 bits per heavy atom. The molecule has 2 aromatic heterocycles. The minimum Gasteiger partial charge on any atom is -0.465 e. The van der Waals surface area contributed by atoms with E-state index in [1.165, 1.54) is 0 Å². The van der Waals surface area contributed by atoms with Crippen LogP contribution in [0.25, 0.3) is 11.0 Å². The summed E-state index contributed by atoms with van der Waals surface area (Å²) in [6.45, 7) is 2.27. The number of pyridine rings is 1. The monoisotopic (exact) mass is 297 g/mol. The van der Waals surface area contributed by atoms with E-state index in [0.717, 1.165) is 16.7 Å². The number of ether oxygens (including phenoxy) is 1. The molecule has 2 heterocycles. The molecule has 0 amide bonds. The molecule has 2 aromatic rings. The van der Waals surface area contributed by atoms with E-state index in [2.05, 4.69) is 26.0 Å². The number of fused-ring (bicyclic) bond motifs is 1. The van der Waals surface area contributed by atoms with Crippen molar-refractivity contribution in [3.05, 3.63) is 24.0 Å². The Kier molecular flexibility index (Phi) is 3.73. The maximum atomic E-state index is 11.4. The van der Waals surface area contributed by atoms with E-state index < -0.39 is 0 Å². The van der Waals surface area contributed by atoms with Gasteiger partial charge < -0.3 is 4.74 Å². The number of rotatable bonds is 4. The lowest BCUT2D eigenvalue weighted by Crippen LogP contribution is -2.14. The van der Waals surface area contributed by atoms with Crippen LogP contribution in [-0.2, 0) is 21.4 Å². The quantitative estimate of drug-likeness (QED) is 0.639. The molecular weight excluding hydrogens is 286 g/mol. The number of hydrogen-bond acceptors (Lipinski definition) is 4. The molecule has 17 heavy (non-hydrogen) atoms. The molecule has 90 valence electrons. The largest absolute Gasteiger partial charge is 0.465 e. The predicted octanol–water partition coefficient (Wildman–Crippen LogP) is 1.89. The Hall–Kier alpha value is -1.43. The van der Waals surface area contributed by atoms with Crippen molar-refractivity contribution in [1.82, 2.24) is 14.8 Å². The number of aromatic nitrogens is 3. The summed E-state index contributed by atoms with van der Waals surface area (Å²) in [5.74, 6) is -0.290. The van der Waals surface area contributed by atoms with Gasteiger partial charge in [0, 0.05) is 11.5 Å². The summed E-state index contributed by atoms with van der Waals surface area (Å²) in [4.78, 5) is 15.7. The molecule has 0 aliphatic rings. The second-order valence-electron chi connectivity index (χ2n) is 3.41. The number of hydrogen-bond donors (Lipinski definition) is 0. The molecule has 6 heteroatoms. The average molecular weight is 298 g/mol. The summed E-state index contributed by atoms with van der Waals surface area (Å²) in [7, 11) is 0. The highest BCUT2D eigenvalue weighted by molar-refractivity contribution is 9.08. The minimum atomic E-state index is -0.290. The van der Waals surface area contributed by atoms with Crippen molar-refractivity contribution >= 4 is 32.9 Å². The minimum absolute atomic E-state index is 0.114. The van der Waals surface area contributed by atoms with Crippen molar-refractivity contribution in [2.45, 2.75) is 18.8 Å². The first-order chi connectivity index (χ1) is 8.26. The molecule has 0 radical (unpaired) electrons. The molecule has 0 N–H and O–H groups in total. The van der Waals surface area contributed by atoms with Gasteiger partial charge in [-0.3, -0.25) is 14.5 Å². The molecule has 2 rings (SSSR count).